The summed E-state index contributed by atoms with van der Waals surface area (Å²) < 4.78 is 38.3. The minimum atomic E-state index is -4.42. The first-order valence-electron chi connectivity index (χ1n) is 8.24. The predicted molar refractivity (Wildman–Crippen MR) is 89.2 cm³/mol. The zero-order chi connectivity index (χ0) is 18.0. The molecule has 0 radical (unpaired) electrons. The number of benzene rings is 2. The first-order chi connectivity index (χ1) is 11.8. The molecule has 1 amide bonds. The maximum absolute atomic E-state index is 12.8. The van der Waals surface area contributed by atoms with Crippen LogP contribution >= 0.6 is 0 Å². The molecule has 132 valence electrons. The van der Waals surface area contributed by atoms with Gasteiger partial charge in [0, 0.05) is 17.7 Å². The third-order valence-electron chi connectivity index (χ3n) is 4.71. The van der Waals surface area contributed by atoms with Crippen LogP contribution in [0.25, 0.3) is 0 Å². The van der Waals surface area contributed by atoms with Gasteiger partial charge in [-0.25, -0.2) is 0 Å². The van der Waals surface area contributed by atoms with Crippen LogP contribution < -0.4 is 10.2 Å². The van der Waals surface area contributed by atoms with Crippen molar-refractivity contribution < 1.29 is 22.9 Å². The number of quaternary nitrogens is 1. The summed E-state index contributed by atoms with van der Waals surface area (Å²) in [6, 6.07) is 12.5. The summed E-state index contributed by atoms with van der Waals surface area (Å²) in [4.78, 5) is 13.6. The Morgan fingerprint density at radius 3 is 2.56 bits per heavy atom. The Hall–Kier alpha value is -2.34. The second-order valence-corrected chi connectivity index (χ2v) is 6.39. The average molecular weight is 349 g/mol. The van der Waals surface area contributed by atoms with E-state index in [9.17, 15) is 18.0 Å². The van der Waals surface area contributed by atoms with E-state index in [0.29, 0.717) is 0 Å². The summed E-state index contributed by atoms with van der Waals surface area (Å²) >= 11 is 0. The lowest BCUT2D eigenvalue weighted by molar-refractivity contribution is -0.929. The fraction of sp³-hybridized carbons (Fsp3) is 0.316. The highest BCUT2D eigenvalue weighted by Crippen LogP contribution is 2.30. The SMILES string of the molecule is C[C@@H](C(=O)Nc1cccc(C(F)(F)F)c1)[NH+]1CCc2ccccc2C1. The van der Waals surface area contributed by atoms with Crippen molar-refractivity contribution in [3.63, 3.8) is 0 Å². The van der Waals surface area contributed by atoms with Gasteiger partial charge in [-0.2, -0.15) is 13.2 Å². The molecule has 0 saturated carbocycles. The van der Waals surface area contributed by atoms with Gasteiger partial charge in [-0.3, -0.25) is 4.79 Å². The molecule has 25 heavy (non-hydrogen) atoms. The third kappa shape index (κ3) is 4.02. The van der Waals surface area contributed by atoms with Gasteiger partial charge in [0.2, 0.25) is 0 Å². The molecule has 1 aliphatic heterocycles. The van der Waals surface area contributed by atoms with E-state index in [2.05, 4.69) is 17.4 Å². The van der Waals surface area contributed by atoms with Crippen molar-refractivity contribution in [3.8, 4) is 0 Å². The molecule has 0 saturated heterocycles. The van der Waals surface area contributed by atoms with Crippen LogP contribution in [0.3, 0.4) is 0 Å². The van der Waals surface area contributed by atoms with Gasteiger partial charge in [-0.15, -0.1) is 0 Å². The molecule has 2 N–H and O–H groups in total. The van der Waals surface area contributed by atoms with Gasteiger partial charge >= 0.3 is 6.18 Å². The van der Waals surface area contributed by atoms with Crippen molar-refractivity contribution >= 4 is 11.6 Å². The maximum Gasteiger partial charge on any atom is 0.416 e. The number of rotatable bonds is 3. The van der Waals surface area contributed by atoms with Gasteiger partial charge in [-0.05, 0) is 30.7 Å². The van der Waals surface area contributed by atoms with Crippen LogP contribution in [0.5, 0.6) is 0 Å². The standard InChI is InChI=1S/C19H19F3N2O/c1-13(24-10-9-14-5-2-3-6-15(14)12-24)18(25)23-17-8-4-7-16(11-17)19(20,21)22/h2-8,11,13H,9-10,12H2,1H3,(H,23,25)/p+1/t13-/m0/s1. The Morgan fingerprint density at radius 1 is 1.12 bits per heavy atom. The number of halogens is 3. The molecule has 3 nitrogen and oxygen atoms in total. The third-order valence-corrected chi connectivity index (χ3v) is 4.71. The molecule has 0 bridgehead atoms. The number of alkyl halides is 3. The van der Waals surface area contributed by atoms with E-state index in [0.717, 1.165) is 36.5 Å². The summed E-state index contributed by atoms with van der Waals surface area (Å²) in [5.41, 5.74) is 1.93. The van der Waals surface area contributed by atoms with Crippen LogP contribution in [0.2, 0.25) is 0 Å². The van der Waals surface area contributed by atoms with Crippen molar-refractivity contribution in [2.45, 2.75) is 32.1 Å². The predicted octanol–water partition coefficient (Wildman–Crippen LogP) is 2.67. The number of anilines is 1. The fourth-order valence-electron chi connectivity index (χ4n) is 3.18. The van der Waals surface area contributed by atoms with E-state index in [1.807, 2.05) is 19.1 Å². The van der Waals surface area contributed by atoms with E-state index in [1.165, 1.54) is 23.3 Å². The van der Waals surface area contributed by atoms with Gasteiger partial charge in [0.15, 0.2) is 6.04 Å². The second kappa shape index (κ2) is 6.88. The van der Waals surface area contributed by atoms with Gasteiger partial charge in [-0.1, -0.05) is 30.3 Å². The van der Waals surface area contributed by atoms with E-state index in [4.69, 9.17) is 0 Å². The van der Waals surface area contributed by atoms with Crippen LogP contribution in [0.1, 0.15) is 23.6 Å². The minimum absolute atomic E-state index is 0.170. The molecule has 0 fully saturated rings. The molecule has 6 heteroatoms. The average Bonchev–Trinajstić information content (AvgIpc) is 2.60. The molecular formula is C19H20F3N2O+. The molecule has 1 heterocycles. The second-order valence-electron chi connectivity index (χ2n) is 6.39. The van der Waals surface area contributed by atoms with Gasteiger partial charge < -0.3 is 10.2 Å². The number of carbonyl (C=O) groups excluding carboxylic acids is 1. The summed E-state index contributed by atoms with van der Waals surface area (Å²) in [6.07, 6.45) is -3.53. The Kier molecular flexibility index (Phi) is 4.81. The van der Waals surface area contributed by atoms with Gasteiger partial charge in [0.25, 0.3) is 5.91 Å². The highest BCUT2D eigenvalue weighted by atomic mass is 19.4. The molecule has 2 aromatic rings. The van der Waals surface area contributed by atoms with Crippen molar-refractivity contribution in [1.29, 1.82) is 0 Å². The molecule has 0 aliphatic carbocycles. The normalized spacial score (nSPS) is 18.3. The zero-order valence-corrected chi connectivity index (χ0v) is 13.9. The number of fused-ring (bicyclic) bond motifs is 1. The highest BCUT2D eigenvalue weighted by molar-refractivity contribution is 5.93. The van der Waals surface area contributed by atoms with Crippen LogP contribution in [-0.2, 0) is 23.9 Å². The lowest BCUT2D eigenvalue weighted by Gasteiger charge is -2.30. The zero-order valence-electron chi connectivity index (χ0n) is 13.9. The van der Waals surface area contributed by atoms with Crippen molar-refractivity contribution in [1.82, 2.24) is 0 Å². The fourth-order valence-corrected chi connectivity index (χ4v) is 3.18. The maximum atomic E-state index is 12.8. The lowest BCUT2D eigenvalue weighted by Crippen LogP contribution is -3.16. The minimum Gasteiger partial charge on any atom is -0.321 e. The van der Waals surface area contributed by atoms with E-state index >= 15 is 0 Å². The number of hydrogen-bond acceptors (Lipinski definition) is 1. The largest absolute Gasteiger partial charge is 0.416 e. The summed E-state index contributed by atoms with van der Waals surface area (Å²) in [7, 11) is 0. The Balaban J connectivity index is 1.68. The van der Waals surface area contributed by atoms with Crippen LogP contribution in [0.15, 0.2) is 48.5 Å². The van der Waals surface area contributed by atoms with Crippen LogP contribution in [-0.4, -0.2) is 18.5 Å². The quantitative estimate of drug-likeness (QED) is 0.878. The number of amides is 1. The van der Waals surface area contributed by atoms with E-state index in [1.54, 1.807) is 0 Å². The summed E-state index contributed by atoms with van der Waals surface area (Å²) in [5.74, 6) is -0.270. The molecule has 2 aromatic carbocycles. The summed E-state index contributed by atoms with van der Waals surface area (Å²) in [6.45, 7) is 3.38. The molecule has 3 rings (SSSR count). The Labute approximate surface area is 144 Å². The van der Waals surface area contributed by atoms with Crippen LogP contribution in [0, 0.1) is 0 Å². The highest BCUT2D eigenvalue weighted by Gasteiger charge is 2.32. The molecule has 1 unspecified atom stereocenters. The molecule has 2 atom stereocenters. The van der Waals surface area contributed by atoms with Crippen LogP contribution in [0.4, 0.5) is 18.9 Å². The number of nitrogens with one attached hydrogen (secondary N) is 2. The summed E-state index contributed by atoms with van der Waals surface area (Å²) in [5, 5.41) is 2.62. The van der Waals surface area contributed by atoms with Gasteiger partial charge in [0.1, 0.15) is 6.54 Å². The van der Waals surface area contributed by atoms with Crippen molar-refractivity contribution in [2.24, 2.45) is 0 Å². The Morgan fingerprint density at radius 2 is 1.84 bits per heavy atom. The monoisotopic (exact) mass is 349 g/mol. The molecular weight excluding hydrogens is 329 g/mol. The first kappa shape index (κ1) is 17.5. The Bertz CT molecular complexity index is 773. The molecule has 1 aliphatic rings. The first-order valence-corrected chi connectivity index (χ1v) is 8.24. The van der Waals surface area contributed by atoms with E-state index in [-0.39, 0.29) is 17.6 Å². The lowest BCUT2D eigenvalue weighted by atomic mass is 9.99. The van der Waals surface area contributed by atoms with Crippen molar-refractivity contribution in [2.75, 3.05) is 11.9 Å². The topological polar surface area (TPSA) is 33.5 Å². The van der Waals surface area contributed by atoms with E-state index < -0.39 is 11.7 Å². The molecule has 0 spiro atoms. The number of carbonyl (C=O) groups is 1. The van der Waals surface area contributed by atoms with Gasteiger partial charge in [0.05, 0.1) is 12.1 Å². The number of hydrogen-bond donors (Lipinski definition) is 2. The molecule has 0 aromatic heterocycles. The van der Waals surface area contributed by atoms with Crippen molar-refractivity contribution in [3.05, 3.63) is 65.2 Å². The smallest absolute Gasteiger partial charge is 0.321 e.